The van der Waals surface area contributed by atoms with Gasteiger partial charge in [0.1, 0.15) is 17.4 Å². The number of hydrogen-bond acceptors (Lipinski definition) is 4. The second kappa shape index (κ2) is 9.12. The first kappa shape index (κ1) is 20.4. The predicted octanol–water partition coefficient (Wildman–Crippen LogP) is 3.96. The molecule has 0 saturated heterocycles. The lowest BCUT2D eigenvalue weighted by atomic mass is 10.0. The lowest BCUT2D eigenvalue weighted by molar-refractivity contribution is -0.149. The largest absolute Gasteiger partial charge is 0.482 e. The molecule has 2 rings (SSSR count). The number of halogens is 2. The van der Waals surface area contributed by atoms with Crippen molar-refractivity contribution in [1.82, 2.24) is 0 Å². The Morgan fingerprint density at radius 2 is 1.81 bits per heavy atom. The van der Waals surface area contributed by atoms with Gasteiger partial charge in [-0.15, -0.1) is 0 Å². The number of anilines is 1. The summed E-state index contributed by atoms with van der Waals surface area (Å²) in [5.41, 5.74) is 1.61. The van der Waals surface area contributed by atoms with E-state index in [1.165, 1.54) is 0 Å². The first-order chi connectivity index (χ1) is 12.8. The van der Waals surface area contributed by atoms with E-state index in [4.69, 9.17) is 9.47 Å². The Morgan fingerprint density at radius 1 is 1.07 bits per heavy atom. The second-order valence-electron chi connectivity index (χ2n) is 6.32. The van der Waals surface area contributed by atoms with Gasteiger partial charge in [0.2, 0.25) is 0 Å². The molecule has 0 atom stereocenters. The molecule has 7 heteroatoms. The summed E-state index contributed by atoms with van der Waals surface area (Å²) in [5, 5.41) is 2.14. The van der Waals surface area contributed by atoms with Crippen molar-refractivity contribution in [2.75, 3.05) is 18.5 Å². The Bertz CT molecular complexity index is 837. The smallest absolute Gasteiger partial charge is 0.344 e. The minimum atomic E-state index is -0.792. The minimum Gasteiger partial charge on any atom is -0.482 e. The second-order valence-corrected chi connectivity index (χ2v) is 6.32. The molecule has 0 aliphatic carbocycles. The molecule has 0 spiro atoms. The highest BCUT2D eigenvalue weighted by Gasteiger charge is 2.13. The number of rotatable bonds is 7. The van der Waals surface area contributed by atoms with E-state index < -0.39 is 30.1 Å². The molecule has 0 radical (unpaired) electrons. The average molecular weight is 377 g/mol. The third-order valence-corrected chi connectivity index (χ3v) is 3.70. The molecule has 0 unspecified atom stereocenters. The van der Waals surface area contributed by atoms with Crippen molar-refractivity contribution >= 4 is 17.6 Å². The molecule has 0 bridgehead atoms. The fraction of sp³-hybridized carbons (Fsp3) is 0.300. The quantitative estimate of drug-likeness (QED) is 0.742. The van der Waals surface area contributed by atoms with Crippen LogP contribution >= 0.6 is 0 Å². The molecule has 1 amide bonds. The van der Waals surface area contributed by atoms with Crippen molar-refractivity contribution in [2.45, 2.75) is 26.7 Å². The zero-order chi connectivity index (χ0) is 20.0. The van der Waals surface area contributed by atoms with Crippen LogP contribution in [0.4, 0.5) is 14.5 Å². The topological polar surface area (TPSA) is 64.6 Å². The minimum absolute atomic E-state index is 0.212. The first-order valence-electron chi connectivity index (χ1n) is 8.40. The van der Waals surface area contributed by atoms with Crippen LogP contribution in [0.3, 0.4) is 0 Å². The number of benzene rings is 2. The zero-order valence-electron chi connectivity index (χ0n) is 15.3. The van der Waals surface area contributed by atoms with E-state index in [0.29, 0.717) is 5.75 Å². The van der Waals surface area contributed by atoms with Crippen LogP contribution in [0.1, 0.15) is 30.9 Å². The van der Waals surface area contributed by atoms with Gasteiger partial charge < -0.3 is 14.8 Å². The molecule has 0 saturated carbocycles. The number of carbonyl (C=O) groups excluding carboxylic acids is 2. The summed E-state index contributed by atoms with van der Waals surface area (Å²) in [6.45, 7) is 4.91. The molecule has 0 aromatic heterocycles. The van der Waals surface area contributed by atoms with E-state index in [1.54, 1.807) is 0 Å². The summed E-state index contributed by atoms with van der Waals surface area (Å²) >= 11 is 0. The van der Waals surface area contributed by atoms with Crippen molar-refractivity contribution in [3.8, 4) is 5.75 Å². The number of amides is 1. The zero-order valence-corrected chi connectivity index (χ0v) is 15.3. The highest BCUT2D eigenvalue weighted by molar-refractivity contribution is 5.92. The molecule has 2 aromatic rings. The van der Waals surface area contributed by atoms with E-state index in [0.717, 1.165) is 29.3 Å². The van der Waals surface area contributed by atoms with Gasteiger partial charge in [-0.05, 0) is 42.2 Å². The van der Waals surface area contributed by atoms with Gasteiger partial charge in [-0.3, -0.25) is 4.79 Å². The average Bonchev–Trinajstić information content (AvgIpc) is 2.61. The fourth-order valence-corrected chi connectivity index (χ4v) is 2.35. The van der Waals surface area contributed by atoms with Gasteiger partial charge in [0.15, 0.2) is 13.2 Å². The number of nitrogens with one attached hydrogen (secondary N) is 1. The standard InChI is InChI=1S/C20H21F2NO4/c1-12(2)15-6-4-13(3)8-18(15)26-11-20(25)27-10-19(24)23-17-9-14(21)5-7-16(17)22/h4-9,12H,10-11H2,1-3H3,(H,23,24). The molecule has 0 aliphatic rings. The molecular formula is C20H21F2NO4. The van der Waals surface area contributed by atoms with Crippen LogP contribution in [0.25, 0.3) is 0 Å². The van der Waals surface area contributed by atoms with Crippen LogP contribution in [0.15, 0.2) is 36.4 Å². The third-order valence-electron chi connectivity index (χ3n) is 3.70. The maximum absolute atomic E-state index is 13.5. The lowest BCUT2D eigenvalue weighted by Crippen LogP contribution is -2.24. The number of aryl methyl sites for hydroxylation is 1. The van der Waals surface area contributed by atoms with E-state index in [9.17, 15) is 18.4 Å². The number of esters is 1. The summed E-state index contributed by atoms with van der Waals surface area (Å²) in [5.74, 6) is -2.24. The molecule has 5 nitrogen and oxygen atoms in total. The Kier molecular flexibility index (Phi) is 6.87. The third kappa shape index (κ3) is 6.06. The molecule has 0 aliphatic heterocycles. The van der Waals surface area contributed by atoms with Gasteiger partial charge >= 0.3 is 5.97 Å². The maximum atomic E-state index is 13.5. The van der Waals surface area contributed by atoms with Gasteiger partial charge in [0, 0.05) is 6.07 Å². The van der Waals surface area contributed by atoms with Crippen LogP contribution in [-0.2, 0) is 14.3 Å². The number of carbonyl (C=O) groups is 2. The highest BCUT2D eigenvalue weighted by atomic mass is 19.1. The molecular weight excluding hydrogens is 356 g/mol. The molecule has 1 N–H and O–H groups in total. The van der Waals surface area contributed by atoms with Gasteiger partial charge in [-0.2, -0.15) is 0 Å². The van der Waals surface area contributed by atoms with Gasteiger partial charge in [0.05, 0.1) is 5.69 Å². The van der Waals surface area contributed by atoms with Crippen molar-refractivity contribution in [2.24, 2.45) is 0 Å². The number of ether oxygens (including phenoxy) is 2. The molecule has 144 valence electrons. The maximum Gasteiger partial charge on any atom is 0.344 e. The lowest BCUT2D eigenvalue weighted by Gasteiger charge is -2.14. The van der Waals surface area contributed by atoms with Crippen LogP contribution in [0.2, 0.25) is 0 Å². The van der Waals surface area contributed by atoms with E-state index in [-0.39, 0.29) is 18.2 Å². The van der Waals surface area contributed by atoms with Crippen LogP contribution in [-0.4, -0.2) is 25.1 Å². The Labute approximate surface area is 156 Å². The van der Waals surface area contributed by atoms with Crippen molar-refractivity contribution < 1.29 is 27.8 Å². The van der Waals surface area contributed by atoms with Crippen molar-refractivity contribution in [1.29, 1.82) is 0 Å². The molecule has 2 aromatic carbocycles. The van der Waals surface area contributed by atoms with Crippen LogP contribution in [0, 0.1) is 18.6 Å². The summed E-state index contributed by atoms with van der Waals surface area (Å²) in [7, 11) is 0. The van der Waals surface area contributed by atoms with Crippen molar-refractivity contribution in [3.63, 3.8) is 0 Å². The fourth-order valence-electron chi connectivity index (χ4n) is 2.35. The van der Waals surface area contributed by atoms with E-state index in [2.05, 4.69) is 5.32 Å². The van der Waals surface area contributed by atoms with Gasteiger partial charge in [-0.25, -0.2) is 13.6 Å². The Morgan fingerprint density at radius 3 is 2.52 bits per heavy atom. The number of hydrogen-bond donors (Lipinski definition) is 1. The van der Waals surface area contributed by atoms with Crippen molar-refractivity contribution in [3.05, 3.63) is 59.2 Å². The molecule has 0 fully saturated rings. The molecule has 0 heterocycles. The van der Waals surface area contributed by atoms with Gasteiger partial charge in [0.25, 0.3) is 5.91 Å². The SMILES string of the molecule is Cc1ccc(C(C)C)c(OCC(=O)OCC(=O)Nc2cc(F)ccc2F)c1. The monoisotopic (exact) mass is 377 g/mol. The summed E-state index contributed by atoms with van der Waals surface area (Å²) < 4.78 is 36.9. The molecule has 27 heavy (non-hydrogen) atoms. The highest BCUT2D eigenvalue weighted by Crippen LogP contribution is 2.27. The van der Waals surface area contributed by atoms with E-state index >= 15 is 0 Å². The van der Waals surface area contributed by atoms with E-state index in [1.807, 2.05) is 39.0 Å². The van der Waals surface area contributed by atoms with Crippen LogP contribution in [0.5, 0.6) is 5.75 Å². The summed E-state index contributed by atoms with van der Waals surface area (Å²) in [6.07, 6.45) is 0. The van der Waals surface area contributed by atoms with Gasteiger partial charge in [-0.1, -0.05) is 26.0 Å². The predicted molar refractivity (Wildman–Crippen MR) is 96.7 cm³/mol. The first-order valence-corrected chi connectivity index (χ1v) is 8.40. The normalized spacial score (nSPS) is 10.6. The summed E-state index contributed by atoms with van der Waals surface area (Å²) in [6, 6.07) is 8.36. The van der Waals surface area contributed by atoms with Crippen LogP contribution < -0.4 is 10.1 Å². The summed E-state index contributed by atoms with van der Waals surface area (Å²) in [4.78, 5) is 23.5. The Balaban J connectivity index is 1.85. The Hall–Kier alpha value is -2.96.